The van der Waals surface area contributed by atoms with Crippen molar-refractivity contribution in [1.82, 2.24) is 19.9 Å². The van der Waals surface area contributed by atoms with E-state index in [1.807, 2.05) is 0 Å². The van der Waals surface area contributed by atoms with Gasteiger partial charge in [0.2, 0.25) is 0 Å². The van der Waals surface area contributed by atoms with Crippen molar-refractivity contribution in [3.05, 3.63) is 34.8 Å². The van der Waals surface area contributed by atoms with Gasteiger partial charge < -0.3 is 0 Å². The van der Waals surface area contributed by atoms with Gasteiger partial charge in [0.1, 0.15) is 0 Å². The van der Waals surface area contributed by atoms with Gasteiger partial charge in [-0.3, -0.25) is 0 Å². The first-order valence-electron chi connectivity index (χ1n) is 3.73. The van der Waals surface area contributed by atoms with Crippen molar-refractivity contribution in [3.63, 3.8) is 0 Å². The van der Waals surface area contributed by atoms with Crippen molar-refractivity contribution in [3.8, 4) is 11.6 Å². The van der Waals surface area contributed by atoms with Gasteiger partial charge >= 0.3 is 0 Å². The number of halogens is 2. The van der Waals surface area contributed by atoms with E-state index in [0.717, 1.165) is 0 Å². The minimum Gasteiger partial charge on any atom is -0.234 e. The van der Waals surface area contributed by atoms with E-state index in [4.69, 9.17) is 23.2 Å². The van der Waals surface area contributed by atoms with Crippen molar-refractivity contribution in [1.29, 1.82) is 0 Å². The predicted molar refractivity (Wildman–Crippen MR) is 53.1 cm³/mol. The van der Waals surface area contributed by atoms with Crippen molar-refractivity contribution < 1.29 is 0 Å². The van der Waals surface area contributed by atoms with Gasteiger partial charge in [-0.2, -0.15) is 0 Å². The van der Waals surface area contributed by atoms with Crippen molar-refractivity contribution in [2.24, 2.45) is 0 Å². The molecule has 0 radical (unpaired) electrons. The molecule has 0 saturated carbocycles. The minimum absolute atomic E-state index is 0.198. The highest BCUT2D eigenvalue weighted by Crippen LogP contribution is 2.19. The second-order valence-corrected chi connectivity index (χ2v) is 3.17. The Labute approximate surface area is 90.0 Å². The Balaban J connectivity index is 2.48. The predicted octanol–water partition coefficient (Wildman–Crippen LogP) is 2.24. The lowest BCUT2D eigenvalue weighted by Gasteiger charge is -1.98. The van der Waals surface area contributed by atoms with Crippen LogP contribution in [-0.2, 0) is 0 Å². The highest BCUT2D eigenvalue weighted by atomic mass is 35.5. The number of hydrogen-bond donors (Lipinski definition) is 0. The summed E-state index contributed by atoms with van der Waals surface area (Å²) in [5, 5.41) is 0.510. The molecule has 0 saturated heterocycles. The average molecular weight is 227 g/mol. The minimum atomic E-state index is 0.198. The summed E-state index contributed by atoms with van der Waals surface area (Å²) in [5.41, 5.74) is 0. The van der Waals surface area contributed by atoms with Crippen molar-refractivity contribution >= 4 is 23.2 Å². The Morgan fingerprint density at radius 1 is 0.929 bits per heavy atom. The van der Waals surface area contributed by atoms with Gasteiger partial charge in [0, 0.05) is 12.4 Å². The van der Waals surface area contributed by atoms with Crippen LogP contribution in [0, 0.1) is 0 Å². The van der Waals surface area contributed by atoms with Crippen LogP contribution in [-0.4, -0.2) is 19.9 Å². The van der Waals surface area contributed by atoms with Gasteiger partial charge in [0.25, 0.3) is 0 Å². The van der Waals surface area contributed by atoms with E-state index in [-0.39, 0.29) is 5.15 Å². The van der Waals surface area contributed by atoms with E-state index in [2.05, 4.69) is 19.9 Å². The summed E-state index contributed by atoms with van der Waals surface area (Å²) in [6, 6.07) is 1.71. The molecule has 0 spiro atoms. The lowest BCUT2D eigenvalue weighted by atomic mass is 10.5. The highest BCUT2D eigenvalue weighted by Gasteiger charge is 2.06. The third-order valence-corrected chi connectivity index (χ3v) is 2.13. The summed E-state index contributed by atoms with van der Waals surface area (Å²) in [5.74, 6) is 0.783. The van der Waals surface area contributed by atoms with Gasteiger partial charge in [-0.25, -0.2) is 19.9 Å². The standard InChI is InChI=1S/C8H4Cl2N4/c9-5-4-13-8(14-6(5)10)7-11-2-1-3-12-7/h1-4H. The van der Waals surface area contributed by atoms with Crippen LogP contribution in [0.5, 0.6) is 0 Å². The smallest absolute Gasteiger partial charge is 0.199 e. The van der Waals surface area contributed by atoms with E-state index in [0.29, 0.717) is 16.7 Å². The molecule has 0 aliphatic carbocycles. The largest absolute Gasteiger partial charge is 0.234 e. The van der Waals surface area contributed by atoms with E-state index in [1.54, 1.807) is 18.5 Å². The molecule has 0 atom stereocenters. The van der Waals surface area contributed by atoms with Crippen LogP contribution in [0.1, 0.15) is 0 Å². The fraction of sp³-hybridized carbons (Fsp3) is 0. The molecule has 14 heavy (non-hydrogen) atoms. The number of aromatic nitrogens is 4. The van der Waals surface area contributed by atoms with Crippen LogP contribution in [0.3, 0.4) is 0 Å². The first-order valence-corrected chi connectivity index (χ1v) is 4.48. The molecule has 2 heterocycles. The molecule has 0 unspecified atom stereocenters. The molecule has 6 heteroatoms. The molecule has 0 aliphatic rings. The maximum Gasteiger partial charge on any atom is 0.199 e. The zero-order chi connectivity index (χ0) is 9.97. The number of hydrogen-bond acceptors (Lipinski definition) is 4. The fourth-order valence-corrected chi connectivity index (χ4v) is 1.09. The fourth-order valence-electron chi connectivity index (χ4n) is 0.869. The average Bonchev–Trinajstić information content (AvgIpc) is 2.23. The molecule has 0 bridgehead atoms. The zero-order valence-corrected chi connectivity index (χ0v) is 8.37. The van der Waals surface area contributed by atoms with Crippen LogP contribution in [0.15, 0.2) is 24.7 Å². The molecule has 0 amide bonds. The number of nitrogens with zero attached hydrogens (tertiary/aromatic N) is 4. The van der Waals surface area contributed by atoms with Gasteiger partial charge in [-0.15, -0.1) is 0 Å². The van der Waals surface area contributed by atoms with Crippen LogP contribution in [0.25, 0.3) is 11.6 Å². The third-order valence-electron chi connectivity index (χ3n) is 1.47. The van der Waals surface area contributed by atoms with E-state index < -0.39 is 0 Å². The van der Waals surface area contributed by atoms with E-state index >= 15 is 0 Å². The van der Waals surface area contributed by atoms with Crippen LogP contribution in [0.4, 0.5) is 0 Å². The molecule has 0 N–H and O–H groups in total. The molecule has 2 aromatic heterocycles. The Morgan fingerprint density at radius 2 is 1.64 bits per heavy atom. The summed E-state index contributed by atoms with van der Waals surface area (Å²) < 4.78 is 0. The third kappa shape index (κ3) is 1.81. The maximum atomic E-state index is 5.73. The monoisotopic (exact) mass is 226 g/mol. The molecule has 70 valence electrons. The van der Waals surface area contributed by atoms with Gasteiger partial charge in [0.05, 0.1) is 11.2 Å². The second-order valence-electron chi connectivity index (χ2n) is 2.40. The molecule has 0 aliphatic heterocycles. The van der Waals surface area contributed by atoms with Gasteiger partial charge in [-0.1, -0.05) is 23.2 Å². The first-order chi connectivity index (χ1) is 6.77. The quantitative estimate of drug-likeness (QED) is 0.701. The Morgan fingerprint density at radius 3 is 2.29 bits per heavy atom. The lowest BCUT2D eigenvalue weighted by Crippen LogP contribution is -1.94. The van der Waals surface area contributed by atoms with E-state index in [1.165, 1.54) is 6.20 Å². The topological polar surface area (TPSA) is 51.6 Å². The molecule has 2 rings (SSSR count). The summed E-state index contributed by atoms with van der Waals surface area (Å²) >= 11 is 11.4. The Kier molecular flexibility index (Phi) is 2.56. The Bertz CT molecular complexity index is 446. The molecule has 0 aromatic carbocycles. The summed E-state index contributed by atoms with van der Waals surface area (Å²) in [7, 11) is 0. The summed E-state index contributed by atoms with van der Waals surface area (Å²) in [6.45, 7) is 0. The number of rotatable bonds is 1. The molecule has 4 nitrogen and oxygen atoms in total. The zero-order valence-electron chi connectivity index (χ0n) is 6.85. The van der Waals surface area contributed by atoms with Crippen molar-refractivity contribution in [2.45, 2.75) is 0 Å². The molecular weight excluding hydrogens is 223 g/mol. The SMILES string of the molecule is Clc1cnc(-c2ncccn2)nc1Cl. The maximum absolute atomic E-state index is 5.73. The Hall–Kier alpha value is -1.26. The summed E-state index contributed by atoms with van der Waals surface area (Å²) in [6.07, 6.45) is 4.63. The molecule has 0 fully saturated rings. The lowest BCUT2D eigenvalue weighted by molar-refractivity contribution is 1.08. The first kappa shape index (κ1) is 9.30. The highest BCUT2D eigenvalue weighted by molar-refractivity contribution is 6.41. The summed E-state index contributed by atoms with van der Waals surface area (Å²) in [4.78, 5) is 15.9. The normalized spacial score (nSPS) is 10.1. The van der Waals surface area contributed by atoms with Crippen LogP contribution < -0.4 is 0 Å². The van der Waals surface area contributed by atoms with Crippen LogP contribution in [0.2, 0.25) is 10.2 Å². The van der Waals surface area contributed by atoms with Crippen molar-refractivity contribution in [2.75, 3.05) is 0 Å². The molecule has 2 aromatic rings. The molecular formula is C8H4Cl2N4. The van der Waals surface area contributed by atoms with E-state index in [9.17, 15) is 0 Å². The van der Waals surface area contributed by atoms with Gasteiger partial charge in [-0.05, 0) is 6.07 Å². The second kappa shape index (κ2) is 3.86. The van der Waals surface area contributed by atoms with Gasteiger partial charge in [0.15, 0.2) is 16.8 Å². The van der Waals surface area contributed by atoms with Crippen LogP contribution >= 0.6 is 23.2 Å².